The van der Waals surface area contributed by atoms with Crippen LogP contribution < -0.4 is 10.6 Å². The number of aliphatic hydroxyl groups is 1. The number of halogens is 3. The lowest BCUT2D eigenvalue weighted by Gasteiger charge is -2.16. The fourth-order valence-electron chi connectivity index (χ4n) is 3.36. The number of anilines is 2. The Morgan fingerprint density at radius 3 is 2.63 bits per heavy atom. The monoisotopic (exact) mass is 491 g/mol. The Kier molecular flexibility index (Phi) is 6.43. The molecule has 0 radical (unpaired) electrons. The molecule has 0 aliphatic heterocycles. The molecule has 0 unspecified atom stereocenters. The van der Waals surface area contributed by atoms with Gasteiger partial charge in [-0.25, -0.2) is 4.98 Å². The minimum absolute atomic E-state index is 0.00780. The number of carbonyl (C=O) groups is 1. The number of hydrogen-bond donors (Lipinski definition) is 3. The van der Waals surface area contributed by atoms with Gasteiger partial charge < -0.3 is 24.1 Å². The number of amides is 1. The third-order valence-electron chi connectivity index (χ3n) is 5.06. The van der Waals surface area contributed by atoms with Crippen LogP contribution in [0.2, 0.25) is 0 Å². The maximum absolute atomic E-state index is 12.9. The zero-order valence-electron chi connectivity index (χ0n) is 19.2. The Bertz CT molecular complexity index is 1370. The highest BCUT2D eigenvalue weighted by molar-refractivity contribution is 5.97. The van der Waals surface area contributed by atoms with E-state index in [9.17, 15) is 23.1 Å². The Hall–Kier alpha value is -3.64. The Labute approximate surface area is 197 Å². The van der Waals surface area contributed by atoms with Gasteiger partial charge in [0, 0.05) is 19.2 Å². The summed E-state index contributed by atoms with van der Waals surface area (Å²) in [5, 5.41) is 15.2. The number of nitrogens with one attached hydrogen (secondary N) is 2. The van der Waals surface area contributed by atoms with Crippen molar-refractivity contribution in [1.82, 2.24) is 19.9 Å². The number of ether oxygens (including phenoxy) is 1. The smallest absolute Gasteiger partial charge is 0.416 e. The van der Waals surface area contributed by atoms with Gasteiger partial charge >= 0.3 is 12.2 Å². The van der Waals surface area contributed by atoms with Crippen molar-refractivity contribution in [2.45, 2.75) is 25.6 Å². The van der Waals surface area contributed by atoms with E-state index in [1.807, 2.05) is 0 Å². The van der Waals surface area contributed by atoms with Gasteiger partial charge in [-0.1, -0.05) is 0 Å². The number of oxazole rings is 1. The number of aryl methyl sites for hydroxylation is 1. The third kappa shape index (κ3) is 5.72. The first-order valence-electron chi connectivity index (χ1n) is 10.7. The number of nitrogens with zero attached hydrogens (tertiary/aromatic N) is 3. The lowest BCUT2D eigenvalue weighted by atomic mass is 10.2. The van der Waals surface area contributed by atoms with Crippen molar-refractivity contribution < 1.29 is 32.2 Å². The van der Waals surface area contributed by atoms with E-state index in [0.29, 0.717) is 22.5 Å². The summed E-state index contributed by atoms with van der Waals surface area (Å²) in [7, 11) is 1.74. The van der Waals surface area contributed by atoms with Gasteiger partial charge in [0.2, 0.25) is 5.95 Å². The summed E-state index contributed by atoms with van der Waals surface area (Å²) in [6, 6.07) is 8.06. The van der Waals surface area contributed by atoms with Crippen molar-refractivity contribution in [1.29, 1.82) is 0 Å². The van der Waals surface area contributed by atoms with Crippen molar-refractivity contribution in [3.05, 3.63) is 47.5 Å². The summed E-state index contributed by atoms with van der Waals surface area (Å²) < 4.78 is 51.3. The number of imidazole rings is 1. The van der Waals surface area contributed by atoms with Crippen molar-refractivity contribution in [3.63, 3.8) is 0 Å². The van der Waals surface area contributed by atoms with E-state index in [1.54, 1.807) is 43.7 Å². The number of hydrogen-bond acceptors (Lipinski definition) is 7. The average molecular weight is 491 g/mol. The second-order valence-electron chi connectivity index (χ2n) is 8.64. The molecule has 0 saturated heterocycles. The molecule has 12 heteroatoms. The van der Waals surface area contributed by atoms with Crippen molar-refractivity contribution in [3.8, 4) is 0 Å². The van der Waals surface area contributed by atoms with E-state index in [2.05, 4.69) is 20.6 Å². The first-order valence-corrected chi connectivity index (χ1v) is 10.7. The fourth-order valence-corrected chi connectivity index (χ4v) is 3.36. The van der Waals surface area contributed by atoms with Crippen molar-refractivity contribution in [2.24, 2.45) is 7.05 Å². The largest absolute Gasteiger partial charge is 0.423 e. The van der Waals surface area contributed by atoms with Gasteiger partial charge in [0.15, 0.2) is 5.58 Å². The average Bonchev–Trinajstić information content (AvgIpc) is 3.31. The Balaban J connectivity index is 1.46. The van der Waals surface area contributed by atoms with Crippen LogP contribution in [-0.4, -0.2) is 50.9 Å². The zero-order valence-corrected chi connectivity index (χ0v) is 19.2. The number of alkyl halides is 3. The molecule has 0 aliphatic carbocycles. The van der Waals surface area contributed by atoms with Crippen LogP contribution in [0, 0.1) is 0 Å². The standard InChI is InChI=1S/C23H24F3N5O4/c1-22(2,33)12-34-9-8-27-19(32)13-4-7-17-16(10-13)28-20(31(17)3)30-21-29-15-6-5-14(23(24,25)26)11-18(15)35-21/h4-7,10-11,33H,8-9,12H2,1-3H3,(H,27,32)(H,28,29,30). The van der Waals surface area contributed by atoms with Crippen LogP contribution in [0.1, 0.15) is 29.8 Å². The molecule has 3 N–H and O–H groups in total. The summed E-state index contributed by atoms with van der Waals surface area (Å²) in [5.74, 6) is 0.0264. The van der Waals surface area contributed by atoms with E-state index in [4.69, 9.17) is 9.15 Å². The molecular weight excluding hydrogens is 467 g/mol. The molecule has 0 atom stereocenters. The van der Waals surface area contributed by atoms with E-state index < -0.39 is 17.3 Å². The van der Waals surface area contributed by atoms with Gasteiger partial charge in [0.05, 0.1) is 35.4 Å². The van der Waals surface area contributed by atoms with Gasteiger partial charge in [-0.2, -0.15) is 18.2 Å². The molecule has 186 valence electrons. The quantitative estimate of drug-likeness (QED) is 0.319. The summed E-state index contributed by atoms with van der Waals surface area (Å²) in [5.41, 5.74) is 0.126. The third-order valence-corrected chi connectivity index (χ3v) is 5.06. The molecular formula is C23H24F3N5O4. The summed E-state index contributed by atoms with van der Waals surface area (Å²) in [4.78, 5) is 21.1. The van der Waals surface area contributed by atoms with Gasteiger partial charge in [-0.05, 0) is 50.2 Å². The second-order valence-corrected chi connectivity index (χ2v) is 8.64. The maximum Gasteiger partial charge on any atom is 0.416 e. The molecule has 0 aliphatic rings. The normalized spacial score (nSPS) is 12.4. The van der Waals surface area contributed by atoms with Crippen LogP contribution in [-0.2, 0) is 18.0 Å². The predicted molar refractivity (Wildman–Crippen MR) is 122 cm³/mol. The highest BCUT2D eigenvalue weighted by Gasteiger charge is 2.31. The SMILES string of the molecule is Cn1c(Nc2nc3ccc(C(F)(F)F)cc3o2)nc2cc(C(=O)NCCOCC(C)(C)O)ccc21. The lowest BCUT2D eigenvalue weighted by Crippen LogP contribution is -2.31. The Morgan fingerprint density at radius 2 is 1.91 bits per heavy atom. The fraction of sp³-hybridized carbons (Fsp3) is 0.348. The minimum Gasteiger partial charge on any atom is -0.423 e. The number of aromatic nitrogens is 3. The Morgan fingerprint density at radius 1 is 1.14 bits per heavy atom. The van der Waals surface area contributed by atoms with E-state index in [1.165, 1.54) is 6.07 Å². The highest BCUT2D eigenvalue weighted by Crippen LogP contribution is 2.32. The zero-order chi connectivity index (χ0) is 25.4. The molecule has 2 aromatic carbocycles. The molecule has 0 spiro atoms. The summed E-state index contributed by atoms with van der Waals surface area (Å²) >= 11 is 0. The molecule has 0 bridgehead atoms. The van der Waals surface area contributed by atoms with E-state index in [0.717, 1.165) is 12.1 Å². The molecule has 0 fully saturated rings. The van der Waals surface area contributed by atoms with Gasteiger partial charge in [0.25, 0.3) is 5.91 Å². The van der Waals surface area contributed by atoms with Gasteiger partial charge in [-0.15, -0.1) is 0 Å². The van der Waals surface area contributed by atoms with Gasteiger partial charge in [-0.3, -0.25) is 10.1 Å². The van der Waals surface area contributed by atoms with Crippen LogP contribution in [0.25, 0.3) is 22.1 Å². The van der Waals surface area contributed by atoms with Crippen LogP contribution in [0.3, 0.4) is 0 Å². The summed E-state index contributed by atoms with van der Waals surface area (Å²) in [6.07, 6.45) is -4.49. The maximum atomic E-state index is 12.9. The van der Waals surface area contributed by atoms with E-state index in [-0.39, 0.29) is 42.8 Å². The number of carbonyl (C=O) groups excluding carboxylic acids is 1. The second kappa shape index (κ2) is 9.19. The molecule has 1 amide bonds. The minimum atomic E-state index is -4.49. The van der Waals surface area contributed by atoms with Crippen LogP contribution in [0.15, 0.2) is 40.8 Å². The predicted octanol–water partition coefficient (Wildman–Crippen LogP) is 3.99. The molecule has 4 aromatic rings. The van der Waals surface area contributed by atoms with E-state index >= 15 is 0 Å². The van der Waals surface area contributed by atoms with Crippen molar-refractivity contribution in [2.75, 3.05) is 25.1 Å². The molecule has 0 saturated carbocycles. The number of benzene rings is 2. The van der Waals surface area contributed by atoms with Crippen LogP contribution in [0.5, 0.6) is 0 Å². The number of rotatable bonds is 8. The highest BCUT2D eigenvalue weighted by atomic mass is 19.4. The molecule has 4 rings (SSSR count). The number of fused-ring (bicyclic) bond motifs is 2. The first kappa shape index (κ1) is 24.5. The molecule has 9 nitrogen and oxygen atoms in total. The molecule has 35 heavy (non-hydrogen) atoms. The lowest BCUT2D eigenvalue weighted by molar-refractivity contribution is -0.137. The first-order chi connectivity index (χ1) is 16.4. The van der Waals surface area contributed by atoms with Crippen LogP contribution >= 0.6 is 0 Å². The summed E-state index contributed by atoms with van der Waals surface area (Å²) in [6.45, 7) is 3.94. The van der Waals surface area contributed by atoms with Crippen molar-refractivity contribution >= 4 is 40.0 Å². The van der Waals surface area contributed by atoms with Gasteiger partial charge in [0.1, 0.15) is 5.52 Å². The molecule has 2 heterocycles. The molecule has 2 aromatic heterocycles. The van der Waals surface area contributed by atoms with Crippen LogP contribution in [0.4, 0.5) is 25.1 Å². The topological polar surface area (TPSA) is 114 Å².